The molecule has 0 radical (unpaired) electrons. The molecule has 0 fully saturated rings. The standard InChI is InChI=1S/C11H9ClN2S/c12-11-9(6-10(13)15-11)4-3-8-2-1-5-14-7-8/h1-7H,13H2/b4-3+. The van der Waals surface area contributed by atoms with E-state index in [2.05, 4.69) is 4.98 Å². The second-order valence-corrected chi connectivity index (χ2v) is 4.68. The lowest BCUT2D eigenvalue weighted by atomic mass is 10.2. The Hall–Kier alpha value is -1.32. The van der Waals surface area contributed by atoms with Gasteiger partial charge >= 0.3 is 0 Å². The number of halogens is 1. The number of pyridine rings is 1. The molecule has 2 heterocycles. The SMILES string of the molecule is Nc1cc(/C=C/c2cccnc2)c(Cl)s1. The van der Waals surface area contributed by atoms with Crippen LogP contribution in [0.3, 0.4) is 0 Å². The predicted molar refractivity (Wildman–Crippen MR) is 66.9 cm³/mol. The molecule has 0 aromatic carbocycles. The van der Waals surface area contributed by atoms with Gasteiger partial charge in [0.1, 0.15) is 4.34 Å². The van der Waals surface area contributed by atoms with Crippen molar-refractivity contribution in [3.63, 3.8) is 0 Å². The third-order valence-electron chi connectivity index (χ3n) is 1.87. The first-order valence-electron chi connectivity index (χ1n) is 4.38. The van der Waals surface area contributed by atoms with Crippen LogP contribution in [0.15, 0.2) is 30.6 Å². The Bertz CT molecular complexity index is 477. The number of thiophene rings is 1. The Morgan fingerprint density at radius 1 is 1.40 bits per heavy atom. The van der Waals surface area contributed by atoms with Crippen LogP contribution in [0.5, 0.6) is 0 Å². The van der Waals surface area contributed by atoms with Crippen LogP contribution in [-0.4, -0.2) is 4.98 Å². The zero-order valence-corrected chi connectivity index (χ0v) is 9.42. The fourth-order valence-corrected chi connectivity index (χ4v) is 2.20. The Morgan fingerprint density at radius 2 is 2.27 bits per heavy atom. The van der Waals surface area contributed by atoms with Crippen LogP contribution in [-0.2, 0) is 0 Å². The summed E-state index contributed by atoms with van der Waals surface area (Å²) in [7, 11) is 0. The van der Waals surface area contributed by atoms with E-state index in [0.29, 0.717) is 4.34 Å². The van der Waals surface area contributed by atoms with Gasteiger partial charge in [-0.3, -0.25) is 4.98 Å². The third-order valence-corrected chi connectivity index (χ3v) is 3.09. The van der Waals surface area contributed by atoms with E-state index >= 15 is 0 Å². The molecule has 0 spiro atoms. The monoisotopic (exact) mass is 236 g/mol. The van der Waals surface area contributed by atoms with E-state index in [4.69, 9.17) is 17.3 Å². The minimum atomic E-state index is 0.715. The molecule has 15 heavy (non-hydrogen) atoms. The zero-order chi connectivity index (χ0) is 10.7. The van der Waals surface area contributed by atoms with Crippen LogP contribution in [0.1, 0.15) is 11.1 Å². The maximum atomic E-state index is 5.98. The summed E-state index contributed by atoms with van der Waals surface area (Å²) in [5.41, 5.74) is 7.62. The van der Waals surface area contributed by atoms with E-state index in [0.717, 1.165) is 16.1 Å². The van der Waals surface area contributed by atoms with Crippen LogP contribution in [0, 0.1) is 0 Å². The Kier molecular flexibility index (Phi) is 3.04. The Labute approximate surface area is 97.0 Å². The molecule has 0 aliphatic carbocycles. The van der Waals surface area contributed by atoms with E-state index in [1.165, 1.54) is 11.3 Å². The van der Waals surface area contributed by atoms with E-state index in [1.807, 2.05) is 30.4 Å². The summed E-state index contributed by atoms with van der Waals surface area (Å²) in [5, 5.41) is 0.728. The van der Waals surface area contributed by atoms with Crippen LogP contribution < -0.4 is 5.73 Å². The molecule has 4 heteroatoms. The van der Waals surface area contributed by atoms with Crippen molar-refractivity contribution in [3.05, 3.63) is 46.1 Å². The molecule has 2 rings (SSSR count). The molecular weight excluding hydrogens is 228 g/mol. The van der Waals surface area contributed by atoms with Crippen molar-refractivity contribution in [1.29, 1.82) is 0 Å². The van der Waals surface area contributed by atoms with Crippen molar-refractivity contribution in [2.75, 3.05) is 5.73 Å². The summed E-state index contributed by atoms with van der Waals surface area (Å²) in [6.45, 7) is 0. The highest BCUT2D eigenvalue weighted by molar-refractivity contribution is 7.20. The minimum Gasteiger partial charge on any atom is -0.391 e. The van der Waals surface area contributed by atoms with Gasteiger partial charge < -0.3 is 5.73 Å². The minimum absolute atomic E-state index is 0.715. The van der Waals surface area contributed by atoms with Crippen molar-refractivity contribution >= 4 is 40.1 Å². The van der Waals surface area contributed by atoms with Gasteiger partial charge in [-0.2, -0.15) is 0 Å². The number of hydrogen-bond acceptors (Lipinski definition) is 3. The summed E-state index contributed by atoms with van der Waals surface area (Å²) in [6, 6.07) is 5.73. The second-order valence-electron chi connectivity index (χ2n) is 3.00. The topological polar surface area (TPSA) is 38.9 Å². The van der Waals surface area contributed by atoms with E-state index in [1.54, 1.807) is 12.4 Å². The van der Waals surface area contributed by atoms with E-state index < -0.39 is 0 Å². The van der Waals surface area contributed by atoms with Gasteiger partial charge in [-0.05, 0) is 17.7 Å². The summed E-state index contributed by atoms with van der Waals surface area (Å²) in [5.74, 6) is 0. The lowest BCUT2D eigenvalue weighted by Gasteiger charge is -1.90. The molecular formula is C11H9ClN2S. The number of rotatable bonds is 2. The molecule has 0 bridgehead atoms. The first kappa shape index (κ1) is 10.2. The van der Waals surface area contributed by atoms with Crippen molar-refractivity contribution in [1.82, 2.24) is 4.98 Å². The smallest absolute Gasteiger partial charge is 0.102 e. The predicted octanol–water partition coefficient (Wildman–Crippen LogP) is 3.55. The summed E-state index contributed by atoms with van der Waals surface area (Å²) >= 11 is 7.36. The fraction of sp³-hybridized carbons (Fsp3) is 0. The lowest BCUT2D eigenvalue weighted by Crippen LogP contribution is -1.75. The molecule has 2 aromatic heterocycles. The van der Waals surface area contributed by atoms with Crippen molar-refractivity contribution < 1.29 is 0 Å². The van der Waals surface area contributed by atoms with Gasteiger partial charge in [0.2, 0.25) is 0 Å². The molecule has 2 aromatic rings. The largest absolute Gasteiger partial charge is 0.391 e. The Morgan fingerprint density at radius 3 is 2.87 bits per heavy atom. The van der Waals surface area contributed by atoms with Crippen LogP contribution in [0.25, 0.3) is 12.2 Å². The fourth-order valence-electron chi connectivity index (χ4n) is 1.18. The maximum Gasteiger partial charge on any atom is 0.102 e. The van der Waals surface area contributed by atoms with Crippen LogP contribution in [0.2, 0.25) is 4.34 Å². The van der Waals surface area contributed by atoms with Crippen molar-refractivity contribution in [2.45, 2.75) is 0 Å². The van der Waals surface area contributed by atoms with Gasteiger partial charge in [0.15, 0.2) is 0 Å². The van der Waals surface area contributed by atoms with Gasteiger partial charge in [0.25, 0.3) is 0 Å². The second kappa shape index (κ2) is 4.47. The zero-order valence-electron chi connectivity index (χ0n) is 7.85. The summed E-state index contributed by atoms with van der Waals surface area (Å²) in [6.07, 6.45) is 7.43. The average molecular weight is 237 g/mol. The third kappa shape index (κ3) is 2.58. The number of nitrogens with zero attached hydrogens (tertiary/aromatic N) is 1. The van der Waals surface area contributed by atoms with Crippen LogP contribution in [0.4, 0.5) is 5.00 Å². The summed E-state index contributed by atoms with van der Waals surface area (Å²) < 4.78 is 0.715. The molecule has 0 amide bonds. The molecule has 2 nitrogen and oxygen atoms in total. The van der Waals surface area contributed by atoms with E-state index in [-0.39, 0.29) is 0 Å². The van der Waals surface area contributed by atoms with Gasteiger partial charge in [-0.1, -0.05) is 29.8 Å². The number of hydrogen-bond donors (Lipinski definition) is 1. The molecule has 0 unspecified atom stereocenters. The molecule has 2 N–H and O–H groups in total. The van der Waals surface area contributed by atoms with Gasteiger partial charge in [-0.25, -0.2) is 0 Å². The average Bonchev–Trinajstić information content (AvgIpc) is 2.56. The molecule has 0 aliphatic rings. The molecule has 0 saturated heterocycles. The normalized spacial score (nSPS) is 11.0. The maximum absolute atomic E-state index is 5.98. The Balaban J connectivity index is 2.22. The summed E-state index contributed by atoms with van der Waals surface area (Å²) in [4.78, 5) is 4.02. The van der Waals surface area contributed by atoms with Crippen molar-refractivity contribution in [2.24, 2.45) is 0 Å². The lowest BCUT2D eigenvalue weighted by molar-refractivity contribution is 1.32. The molecule has 0 aliphatic heterocycles. The van der Waals surface area contributed by atoms with Gasteiger partial charge in [-0.15, -0.1) is 11.3 Å². The van der Waals surface area contributed by atoms with Gasteiger partial charge in [0, 0.05) is 18.0 Å². The molecule has 0 saturated carbocycles. The highest BCUT2D eigenvalue weighted by Crippen LogP contribution is 2.30. The number of nitrogen functional groups attached to an aromatic ring is 1. The van der Waals surface area contributed by atoms with Crippen molar-refractivity contribution in [3.8, 4) is 0 Å². The first-order chi connectivity index (χ1) is 7.25. The van der Waals surface area contributed by atoms with Gasteiger partial charge in [0.05, 0.1) is 5.00 Å². The number of nitrogens with two attached hydrogens (primary N) is 1. The number of aromatic nitrogens is 1. The van der Waals surface area contributed by atoms with Crippen LogP contribution >= 0.6 is 22.9 Å². The number of anilines is 1. The van der Waals surface area contributed by atoms with E-state index in [9.17, 15) is 0 Å². The first-order valence-corrected chi connectivity index (χ1v) is 5.58. The highest BCUT2D eigenvalue weighted by atomic mass is 35.5. The quantitative estimate of drug-likeness (QED) is 0.866. The molecule has 0 atom stereocenters. The highest BCUT2D eigenvalue weighted by Gasteiger charge is 2.00. The molecule has 76 valence electrons.